The molecule has 0 saturated heterocycles. The highest BCUT2D eigenvalue weighted by Crippen LogP contribution is 2.32. The average Bonchev–Trinajstić information content (AvgIpc) is 3.39. The Morgan fingerprint density at radius 3 is 2.88 bits per heavy atom. The molecule has 1 fully saturated rings. The Bertz CT molecular complexity index is 977. The lowest BCUT2D eigenvalue weighted by molar-refractivity contribution is 0.0780. The fraction of sp³-hybridized carbons (Fsp3) is 0.350. The van der Waals surface area contributed by atoms with E-state index in [0.29, 0.717) is 18.0 Å². The number of fused-ring (bicyclic) bond motifs is 1. The van der Waals surface area contributed by atoms with Crippen LogP contribution in [-0.2, 0) is 13.1 Å². The maximum atomic E-state index is 12.8. The minimum Gasteiger partial charge on any atom is -0.334 e. The van der Waals surface area contributed by atoms with Crippen molar-refractivity contribution in [3.05, 3.63) is 58.0 Å². The van der Waals surface area contributed by atoms with E-state index in [-0.39, 0.29) is 5.91 Å². The Morgan fingerprint density at radius 2 is 2.15 bits per heavy atom. The number of halogens is 1. The molecule has 2 heterocycles. The van der Waals surface area contributed by atoms with E-state index < -0.39 is 0 Å². The topological polar surface area (TPSA) is 51.0 Å². The first kappa shape index (κ1) is 17.2. The molecule has 4 rings (SSSR count). The van der Waals surface area contributed by atoms with Crippen LogP contribution in [0.25, 0.3) is 11.2 Å². The molecule has 0 radical (unpaired) electrons. The molecule has 2 aromatic heterocycles. The Morgan fingerprint density at radius 1 is 1.35 bits per heavy atom. The molecule has 0 aliphatic heterocycles. The normalized spacial score (nSPS) is 14.0. The van der Waals surface area contributed by atoms with E-state index in [1.54, 1.807) is 11.1 Å². The molecular formula is C20H21BrN4O. The third kappa shape index (κ3) is 3.38. The summed E-state index contributed by atoms with van der Waals surface area (Å²) < 4.78 is 3.13. The van der Waals surface area contributed by atoms with Crippen molar-refractivity contribution < 1.29 is 4.79 Å². The predicted octanol–water partition coefficient (Wildman–Crippen LogP) is 4.18. The second-order valence-corrected chi connectivity index (χ2v) is 7.91. The molecule has 1 amide bonds. The molecule has 0 spiro atoms. The number of benzene rings is 1. The first-order valence-corrected chi connectivity index (χ1v) is 9.64. The highest BCUT2D eigenvalue weighted by molar-refractivity contribution is 9.10. The van der Waals surface area contributed by atoms with E-state index in [0.717, 1.165) is 33.6 Å². The zero-order valence-corrected chi connectivity index (χ0v) is 16.5. The third-order valence-electron chi connectivity index (χ3n) is 4.86. The second-order valence-electron chi connectivity index (χ2n) is 7.05. The molecule has 0 bridgehead atoms. The molecule has 0 N–H and O–H groups in total. The van der Waals surface area contributed by atoms with Gasteiger partial charge in [0.25, 0.3) is 5.91 Å². The predicted molar refractivity (Wildman–Crippen MR) is 105 cm³/mol. The van der Waals surface area contributed by atoms with Crippen molar-refractivity contribution in [2.24, 2.45) is 5.92 Å². The fourth-order valence-electron chi connectivity index (χ4n) is 3.11. The second kappa shape index (κ2) is 6.83. The molecule has 1 aromatic carbocycles. The number of amides is 1. The van der Waals surface area contributed by atoms with Crippen LogP contribution in [0, 0.1) is 12.8 Å². The minimum absolute atomic E-state index is 0.0105. The highest BCUT2D eigenvalue weighted by atomic mass is 79.9. The molecule has 0 unspecified atom stereocenters. The number of hydrogen-bond donors (Lipinski definition) is 0. The molecule has 5 nitrogen and oxygen atoms in total. The van der Waals surface area contributed by atoms with Crippen molar-refractivity contribution in [2.75, 3.05) is 7.05 Å². The highest BCUT2D eigenvalue weighted by Gasteiger charge is 2.25. The van der Waals surface area contributed by atoms with Crippen molar-refractivity contribution in [3.8, 4) is 0 Å². The lowest BCUT2D eigenvalue weighted by Gasteiger charge is -2.18. The summed E-state index contributed by atoms with van der Waals surface area (Å²) in [6.45, 7) is 3.41. The maximum absolute atomic E-state index is 12.8. The van der Waals surface area contributed by atoms with Gasteiger partial charge in [-0.25, -0.2) is 9.97 Å². The first-order valence-electron chi connectivity index (χ1n) is 8.84. The van der Waals surface area contributed by atoms with Gasteiger partial charge in [0.05, 0.1) is 6.54 Å². The monoisotopic (exact) mass is 412 g/mol. The van der Waals surface area contributed by atoms with Crippen LogP contribution in [0.15, 0.2) is 41.0 Å². The molecule has 1 aliphatic carbocycles. The molecule has 1 saturated carbocycles. The minimum atomic E-state index is -0.0105. The van der Waals surface area contributed by atoms with E-state index in [9.17, 15) is 4.79 Å². The number of hydrogen-bond acceptors (Lipinski definition) is 3. The lowest BCUT2D eigenvalue weighted by atomic mass is 10.1. The van der Waals surface area contributed by atoms with Crippen LogP contribution in [0.1, 0.15) is 34.6 Å². The van der Waals surface area contributed by atoms with Gasteiger partial charge in [-0.2, -0.15) is 0 Å². The summed E-state index contributed by atoms with van der Waals surface area (Å²) in [7, 11) is 1.82. The van der Waals surface area contributed by atoms with Gasteiger partial charge in [-0.1, -0.05) is 22.0 Å². The van der Waals surface area contributed by atoms with E-state index in [2.05, 4.69) is 25.5 Å². The summed E-state index contributed by atoms with van der Waals surface area (Å²) in [6.07, 6.45) is 4.33. The number of aromatic nitrogens is 3. The zero-order valence-electron chi connectivity index (χ0n) is 14.9. The summed E-state index contributed by atoms with van der Waals surface area (Å²) in [5.41, 5.74) is 3.59. The van der Waals surface area contributed by atoms with E-state index >= 15 is 0 Å². The van der Waals surface area contributed by atoms with Gasteiger partial charge in [0, 0.05) is 29.8 Å². The van der Waals surface area contributed by atoms with Crippen LogP contribution >= 0.6 is 15.9 Å². The van der Waals surface area contributed by atoms with Gasteiger partial charge in [0.1, 0.15) is 11.3 Å². The molecule has 134 valence electrons. The Labute approximate surface area is 161 Å². The number of imidazole rings is 1. The summed E-state index contributed by atoms with van der Waals surface area (Å²) in [5.74, 6) is 1.60. The van der Waals surface area contributed by atoms with Crippen molar-refractivity contribution in [3.63, 3.8) is 0 Å². The van der Waals surface area contributed by atoms with E-state index in [1.807, 2.05) is 44.3 Å². The maximum Gasteiger partial charge on any atom is 0.254 e. The molecule has 6 heteroatoms. The molecule has 3 aromatic rings. The zero-order chi connectivity index (χ0) is 18.3. The number of nitrogens with zero attached hydrogens (tertiary/aromatic N) is 4. The first-order chi connectivity index (χ1) is 12.5. The number of aryl methyl sites for hydroxylation is 1. The Balaban J connectivity index is 1.61. The van der Waals surface area contributed by atoms with Gasteiger partial charge in [0.2, 0.25) is 0 Å². The van der Waals surface area contributed by atoms with Crippen molar-refractivity contribution in [1.29, 1.82) is 0 Å². The Kier molecular flexibility index (Phi) is 4.53. The SMILES string of the molecule is Cc1ccc(C(=O)N(C)Cc2nc3cccnc3n2CC2CC2)cc1Br. The summed E-state index contributed by atoms with van der Waals surface area (Å²) in [4.78, 5) is 23.8. The number of carbonyl (C=O) groups is 1. The van der Waals surface area contributed by atoms with Gasteiger partial charge < -0.3 is 9.47 Å². The number of carbonyl (C=O) groups excluding carboxylic acids is 1. The van der Waals surface area contributed by atoms with Crippen molar-refractivity contribution in [2.45, 2.75) is 32.9 Å². The van der Waals surface area contributed by atoms with Gasteiger partial charge in [-0.15, -0.1) is 0 Å². The summed E-state index contributed by atoms with van der Waals surface area (Å²) in [5, 5.41) is 0. The summed E-state index contributed by atoms with van der Waals surface area (Å²) >= 11 is 3.50. The van der Waals surface area contributed by atoms with Crippen LogP contribution in [0.5, 0.6) is 0 Å². The Hall–Kier alpha value is -2.21. The van der Waals surface area contributed by atoms with Gasteiger partial charge >= 0.3 is 0 Å². The standard InChI is InChI=1S/C20H21BrN4O/c1-13-5-8-15(10-16(13)21)20(26)24(2)12-18-23-17-4-3-9-22-19(17)25(18)11-14-6-7-14/h3-5,8-10,14H,6-7,11-12H2,1-2H3. The largest absolute Gasteiger partial charge is 0.334 e. The average molecular weight is 413 g/mol. The number of rotatable bonds is 5. The van der Waals surface area contributed by atoms with Crippen LogP contribution < -0.4 is 0 Å². The molecular weight excluding hydrogens is 392 g/mol. The summed E-state index contributed by atoms with van der Waals surface area (Å²) in [6, 6.07) is 9.58. The van der Waals surface area contributed by atoms with Crippen LogP contribution in [0.2, 0.25) is 0 Å². The third-order valence-corrected chi connectivity index (χ3v) is 5.72. The van der Waals surface area contributed by atoms with E-state index in [1.165, 1.54) is 12.8 Å². The molecule has 1 aliphatic rings. The molecule has 0 atom stereocenters. The van der Waals surface area contributed by atoms with Crippen molar-refractivity contribution in [1.82, 2.24) is 19.4 Å². The number of pyridine rings is 1. The van der Waals surface area contributed by atoms with Crippen molar-refractivity contribution >= 4 is 33.0 Å². The van der Waals surface area contributed by atoms with E-state index in [4.69, 9.17) is 4.98 Å². The van der Waals surface area contributed by atoms with Crippen LogP contribution in [0.4, 0.5) is 0 Å². The van der Waals surface area contributed by atoms with Crippen LogP contribution in [0.3, 0.4) is 0 Å². The quantitative estimate of drug-likeness (QED) is 0.631. The van der Waals surface area contributed by atoms with Gasteiger partial charge in [-0.05, 0) is 55.5 Å². The van der Waals surface area contributed by atoms with Gasteiger partial charge in [-0.3, -0.25) is 4.79 Å². The smallest absolute Gasteiger partial charge is 0.254 e. The lowest BCUT2D eigenvalue weighted by Crippen LogP contribution is -2.28. The van der Waals surface area contributed by atoms with Gasteiger partial charge in [0.15, 0.2) is 5.65 Å². The fourth-order valence-corrected chi connectivity index (χ4v) is 3.49. The van der Waals surface area contributed by atoms with Crippen LogP contribution in [-0.4, -0.2) is 32.4 Å². The molecule has 26 heavy (non-hydrogen) atoms.